The predicted molar refractivity (Wildman–Crippen MR) is 519 cm³/mol. The molecule has 12 aromatic rings. The Morgan fingerprint density at radius 2 is 0.462 bits per heavy atom. The Balaban J connectivity index is 0.000000210. The first-order valence-corrected chi connectivity index (χ1v) is 46.8. The third-order valence-electron chi connectivity index (χ3n) is 26.6. The molecule has 0 heterocycles. The van der Waals surface area contributed by atoms with Crippen molar-refractivity contribution in [2.24, 2.45) is 0 Å². The minimum absolute atomic E-state index is 0.0602. The molecule has 2 aliphatic rings. The van der Waals surface area contributed by atoms with Crippen LogP contribution in [0.1, 0.15) is 295 Å². The Hall–Kier alpha value is -9.96. The summed E-state index contributed by atoms with van der Waals surface area (Å²) in [5.74, 6) is 0.561. The van der Waals surface area contributed by atoms with Gasteiger partial charge in [-0.05, 0) is 284 Å². The number of benzene rings is 12. The smallest absolute Gasteiger partial charge is 0.0464 e. The van der Waals surface area contributed by atoms with Gasteiger partial charge in [0, 0.05) is 62.0 Å². The molecule has 3 heteroatoms. The summed E-state index contributed by atoms with van der Waals surface area (Å²) in [4.78, 5) is 7.16. The number of anilines is 9. The second kappa shape index (κ2) is 42.3. The lowest BCUT2D eigenvalue weighted by atomic mass is 9.70. The molecule has 0 saturated carbocycles. The Morgan fingerprint density at radius 1 is 0.218 bits per heavy atom. The van der Waals surface area contributed by atoms with Gasteiger partial charge in [-0.3, -0.25) is 0 Å². The van der Waals surface area contributed by atoms with E-state index in [1.807, 2.05) is 0 Å². The zero-order chi connectivity index (χ0) is 83.1. The van der Waals surface area contributed by atoms with Gasteiger partial charge in [-0.2, -0.15) is 0 Å². The van der Waals surface area contributed by atoms with E-state index in [1.54, 1.807) is 22.3 Å². The SMILES string of the molecule is CCCCCCCCC1(CCCCCCCC)c2cc(C)ccc2-c2ccc(-c3ccc(N(c4ccc(C)cc4)c4ccc(C(C)CC)cc4)cc3)cc21.CCCCCCCCC1(CCCCCCCC)c2cc(C)ccc2-c2ccc(-c3ccc(N(c4ccc(N(c5ccc(C)cc5)c5cccc(C)c5)cc4)c4cccc(C)c4)cc3)cc21. The molecule has 618 valence electrons. The van der Waals surface area contributed by atoms with E-state index in [9.17, 15) is 0 Å². The van der Waals surface area contributed by atoms with E-state index in [-0.39, 0.29) is 10.8 Å². The van der Waals surface area contributed by atoms with Crippen molar-refractivity contribution in [3.05, 3.63) is 328 Å². The fourth-order valence-electron chi connectivity index (χ4n) is 19.5. The van der Waals surface area contributed by atoms with Gasteiger partial charge in [-0.25, -0.2) is 0 Å². The average Bonchev–Trinajstić information content (AvgIpc) is 1.57. The van der Waals surface area contributed by atoms with E-state index < -0.39 is 0 Å². The topological polar surface area (TPSA) is 9.72 Å². The maximum absolute atomic E-state index is 2.60. The largest absolute Gasteiger partial charge is 0.311 e. The van der Waals surface area contributed by atoms with Crippen LogP contribution in [0.25, 0.3) is 44.5 Å². The summed E-state index contributed by atoms with van der Waals surface area (Å²) in [6.07, 6.45) is 38.2. The third-order valence-corrected chi connectivity index (χ3v) is 26.6. The first kappa shape index (κ1) is 86.9. The molecule has 1 unspecified atom stereocenters. The highest BCUT2D eigenvalue weighted by Gasteiger charge is 2.44. The lowest BCUT2D eigenvalue weighted by Gasteiger charge is -2.33. The Labute approximate surface area is 719 Å². The van der Waals surface area contributed by atoms with Gasteiger partial charge < -0.3 is 14.7 Å². The molecule has 2 aliphatic carbocycles. The summed E-state index contributed by atoms with van der Waals surface area (Å²) in [6, 6.07) is 102. The van der Waals surface area contributed by atoms with Crippen LogP contribution in [-0.2, 0) is 10.8 Å². The zero-order valence-corrected chi connectivity index (χ0v) is 74.8. The fraction of sp³-hybridized carbons (Fsp3) is 0.379. The lowest BCUT2D eigenvalue weighted by molar-refractivity contribution is 0.398. The van der Waals surface area contributed by atoms with Gasteiger partial charge in [0.15, 0.2) is 0 Å². The average molecular weight is 1580 g/mol. The lowest BCUT2D eigenvalue weighted by Crippen LogP contribution is -2.25. The van der Waals surface area contributed by atoms with Crippen LogP contribution in [0.5, 0.6) is 0 Å². The van der Waals surface area contributed by atoms with E-state index in [2.05, 4.69) is 365 Å². The summed E-state index contributed by atoms with van der Waals surface area (Å²) in [5, 5.41) is 0. The van der Waals surface area contributed by atoms with Crippen LogP contribution in [0.2, 0.25) is 0 Å². The zero-order valence-electron chi connectivity index (χ0n) is 74.8. The van der Waals surface area contributed by atoms with E-state index in [0.29, 0.717) is 5.92 Å². The van der Waals surface area contributed by atoms with Crippen molar-refractivity contribution in [2.45, 2.75) is 286 Å². The minimum Gasteiger partial charge on any atom is -0.311 e. The summed E-state index contributed by atoms with van der Waals surface area (Å²) in [5.41, 5.74) is 37.1. The molecule has 0 aromatic heterocycles. The molecule has 0 spiro atoms. The Kier molecular flexibility index (Phi) is 30.9. The van der Waals surface area contributed by atoms with E-state index in [0.717, 1.165) is 40.5 Å². The van der Waals surface area contributed by atoms with Crippen LogP contribution in [-0.4, -0.2) is 0 Å². The van der Waals surface area contributed by atoms with Crippen molar-refractivity contribution in [3.63, 3.8) is 0 Å². The molecule has 119 heavy (non-hydrogen) atoms. The minimum atomic E-state index is 0.0602. The normalized spacial score (nSPS) is 12.9. The summed E-state index contributed by atoms with van der Waals surface area (Å²) >= 11 is 0. The van der Waals surface area contributed by atoms with Gasteiger partial charge >= 0.3 is 0 Å². The van der Waals surface area contributed by atoms with Gasteiger partial charge in [0.05, 0.1) is 0 Å². The number of aryl methyl sites for hydroxylation is 6. The number of unbranched alkanes of at least 4 members (excludes halogenated alkanes) is 20. The van der Waals surface area contributed by atoms with Gasteiger partial charge in [-0.1, -0.05) is 363 Å². The first-order chi connectivity index (χ1) is 58.2. The second-order valence-electron chi connectivity index (χ2n) is 35.7. The van der Waals surface area contributed by atoms with Crippen molar-refractivity contribution in [2.75, 3.05) is 14.7 Å². The molecule has 14 rings (SSSR count). The molecular formula is C116H139N3. The number of rotatable bonds is 41. The van der Waals surface area contributed by atoms with Crippen LogP contribution < -0.4 is 14.7 Å². The van der Waals surface area contributed by atoms with E-state index in [1.165, 1.54) is 280 Å². The summed E-state index contributed by atoms with van der Waals surface area (Å²) < 4.78 is 0. The molecule has 0 amide bonds. The highest BCUT2D eigenvalue weighted by molar-refractivity contribution is 5.88. The molecule has 12 aromatic carbocycles. The highest BCUT2D eigenvalue weighted by Crippen LogP contribution is 2.58. The van der Waals surface area contributed by atoms with Crippen LogP contribution in [0.4, 0.5) is 51.2 Å². The maximum atomic E-state index is 2.60. The molecular weight excluding hydrogens is 1440 g/mol. The van der Waals surface area contributed by atoms with Crippen molar-refractivity contribution < 1.29 is 0 Å². The molecule has 0 N–H and O–H groups in total. The number of hydrogen-bond donors (Lipinski definition) is 0. The van der Waals surface area contributed by atoms with Gasteiger partial charge in [0.1, 0.15) is 0 Å². The highest BCUT2D eigenvalue weighted by atomic mass is 15.2. The number of hydrogen-bond acceptors (Lipinski definition) is 3. The van der Waals surface area contributed by atoms with Crippen molar-refractivity contribution >= 4 is 51.2 Å². The maximum Gasteiger partial charge on any atom is 0.0464 e. The van der Waals surface area contributed by atoms with Crippen molar-refractivity contribution in [1.82, 2.24) is 0 Å². The van der Waals surface area contributed by atoms with Gasteiger partial charge in [0.2, 0.25) is 0 Å². The third kappa shape index (κ3) is 21.1. The van der Waals surface area contributed by atoms with Crippen molar-refractivity contribution in [3.8, 4) is 44.5 Å². The molecule has 0 radical (unpaired) electrons. The predicted octanol–water partition coefficient (Wildman–Crippen LogP) is 36.0. The molecule has 0 bridgehead atoms. The number of fused-ring (bicyclic) bond motifs is 6. The molecule has 0 fully saturated rings. The fourth-order valence-corrected chi connectivity index (χ4v) is 19.5. The summed E-state index contributed by atoms with van der Waals surface area (Å²) in [6.45, 7) is 27.1. The van der Waals surface area contributed by atoms with Gasteiger partial charge in [-0.15, -0.1) is 0 Å². The standard InChI is InChI=1S/C63H72N2.C53H67N/c1-7-9-11-13-15-17-41-63(42-18-16-14-12-10-8-2)61-45-50(6)27-39-59(61)60-40-30-52(46-62(60)63)51-28-33-54(34-29-51)65(58-24-20-22-49(5)44-58)56-37-35-55(36-38-56)64(53-31-25-47(3)26-32-53)57-23-19-21-48(4)43-57;1-7-10-12-14-16-18-36-53(37-19-17-15-13-11-8-2)51-38-41(5)22-34-49(51)50-35-27-45(39-52(50)53)44-25-32-48(33-26-44)54(46-28-20-40(4)21-29-46)47-30-23-43(24-31-47)42(6)9-3/h19-40,43-46H,7-18,41-42H2,1-6H3;20-35,38-39,42H,7-19,36-37H2,1-6H3. The first-order valence-electron chi connectivity index (χ1n) is 46.8. The van der Waals surface area contributed by atoms with E-state index >= 15 is 0 Å². The van der Waals surface area contributed by atoms with Crippen molar-refractivity contribution in [1.29, 1.82) is 0 Å². The van der Waals surface area contributed by atoms with E-state index in [4.69, 9.17) is 0 Å². The molecule has 0 saturated heterocycles. The quantitative estimate of drug-likeness (QED) is 0.0354. The summed E-state index contributed by atoms with van der Waals surface area (Å²) in [7, 11) is 0. The van der Waals surface area contributed by atoms with Crippen LogP contribution in [0.15, 0.2) is 267 Å². The molecule has 0 aliphatic heterocycles. The molecule has 3 nitrogen and oxygen atoms in total. The molecule has 1 atom stereocenters. The van der Waals surface area contributed by atoms with Crippen LogP contribution in [0.3, 0.4) is 0 Å². The van der Waals surface area contributed by atoms with Gasteiger partial charge in [0.25, 0.3) is 0 Å². The van der Waals surface area contributed by atoms with Crippen LogP contribution in [0, 0.1) is 41.5 Å². The number of nitrogens with zero attached hydrogens (tertiary/aromatic N) is 3. The monoisotopic (exact) mass is 1570 g/mol. The second-order valence-corrected chi connectivity index (χ2v) is 35.7. The Bertz CT molecular complexity index is 5120. The van der Waals surface area contributed by atoms with Crippen LogP contribution >= 0.6 is 0 Å². The Morgan fingerprint density at radius 3 is 0.773 bits per heavy atom.